The second kappa shape index (κ2) is 9.32. The zero-order chi connectivity index (χ0) is 21.8. The van der Waals surface area contributed by atoms with Gasteiger partial charge in [0.25, 0.3) is 0 Å². The van der Waals surface area contributed by atoms with E-state index < -0.39 is 5.82 Å². The molecule has 4 rings (SSSR count). The molecule has 0 aliphatic heterocycles. The third kappa shape index (κ3) is 4.95. The van der Waals surface area contributed by atoms with Gasteiger partial charge in [-0.25, -0.2) is 4.39 Å². The number of nitrogens with one attached hydrogen (secondary N) is 1. The number of hydrogen-bond acceptors (Lipinski definition) is 5. The molecule has 0 unspecified atom stereocenters. The summed E-state index contributed by atoms with van der Waals surface area (Å²) in [7, 11) is 0. The van der Waals surface area contributed by atoms with Crippen LogP contribution in [0.3, 0.4) is 0 Å². The minimum absolute atomic E-state index is 0.0476. The number of carbonyl (C=O) groups is 1. The Kier molecular flexibility index (Phi) is 6.34. The van der Waals surface area contributed by atoms with Gasteiger partial charge in [0.15, 0.2) is 11.0 Å². The van der Waals surface area contributed by atoms with Gasteiger partial charge in [0.05, 0.1) is 11.3 Å². The highest BCUT2D eigenvalue weighted by atomic mass is 79.9. The molecule has 2 N–H and O–H groups in total. The molecule has 156 valence electrons. The maximum Gasteiger partial charge on any atom is 0.234 e. The lowest BCUT2D eigenvalue weighted by molar-refractivity contribution is -0.113. The SMILES string of the molecule is O=C(CSc1nnc(-c2cc(Br)ccc2O)n1-c1ccccc1)Nc1cccc(F)c1. The number of halogens is 2. The quantitative estimate of drug-likeness (QED) is 0.354. The smallest absolute Gasteiger partial charge is 0.234 e. The van der Waals surface area contributed by atoms with Gasteiger partial charge in [0, 0.05) is 15.8 Å². The Bertz CT molecular complexity index is 1230. The summed E-state index contributed by atoms with van der Waals surface area (Å²) < 4.78 is 15.9. The molecule has 3 aromatic carbocycles. The number of hydrogen-bond donors (Lipinski definition) is 2. The lowest BCUT2D eigenvalue weighted by Crippen LogP contribution is -2.14. The molecule has 0 fully saturated rings. The molecule has 9 heteroatoms. The Hall–Kier alpha value is -3.17. The molecular weight excluding hydrogens is 483 g/mol. The van der Waals surface area contributed by atoms with E-state index in [-0.39, 0.29) is 17.4 Å². The minimum Gasteiger partial charge on any atom is -0.507 e. The van der Waals surface area contributed by atoms with Crippen molar-refractivity contribution in [2.75, 3.05) is 11.1 Å². The zero-order valence-corrected chi connectivity index (χ0v) is 18.4. The van der Waals surface area contributed by atoms with Crippen LogP contribution in [0.1, 0.15) is 0 Å². The number of phenols is 1. The predicted octanol–water partition coefficient (Wildman–Crippen LogP) is 5.27. The van der Waals surface area contributed by atoms with Crippen molar-refractivity contribution >= 4 is 39.3 Å². The van der Waals surface area contributed by atoms with Gasteiger partial charge in [-0.2, -0.15) is 0 Å². The van der Waals surface area contributed by atoms with E-state index in [1.54, 1.807) is 28.8 Å². The highest BCUT2D eigenvalue weighted by molar-refractivity contribution is 9.10. The molecule has 0 atom stereocenters. The number of aromatic hydroxyl groups is 1. The average Bonchev–Trinajstić information content (AvgIpc) is 3.18. The van der Waals surface area contributed by atoms with Gasteiger partial charge in [0.2, 0.25) is 5.91 Å². The van der Waals surface area contributed by atoms with Crippen LogP contribution in [-0.4, -0.2) is 31.5 Å². The number of carbonyl (C=O) groups excluding carboxylic acids is 1. The average molecular weight is 499 g/mol. The fourth-order valence-corrected chi connectivity index (χ4v) is 4.04. The zero-order valence-electron chi connectivity index (χ0n) is 16.0. The molecule has 31 heavy (non-hydrogen) atoms. The maximum atomic E-state index is 13.3. The summed E-state index contributed by atoms with van der Waals surface area (Å²) in [6.07, 6.45) is 0. The van der Waals surface area contributed by atoms with E-state index in [1.165, 1.54) is 30.0 Å². The minimum atomic E-state index is -0.423. The fraction of sp³-hybridized carbons (Fsp3) is 0.0455. The number of amides is 1. The number of anilines is 1. The van der Waals surface area contributed by atoms with Crippen molar-refractivity contribution < 1.29 is 14.3 Å². The number of nitrogens with zero attached hydrogens (tertiary/aromatic N) is 3. The number of aromatic nitrogens is 3. The summed E-state index contributed by atoms with van der Waals surface area (Å²) in [4.78, 5) is 12.4. The van der Waals surface area contributed by atoms with Crippen molar-refractivity contribution in [2.45, 2.75) is 5.16 Å². The van der Waals surface area contributed by atoms with E-state index in [2.05, 4.69) is 31.4 Å². The van der Waals surface area contributed by atoms with Crippen LogP contribution in [0.5, 0.6) is 5.75 Å². The van der Waals surface area contributed by atoms with Gasteiger partial charge in [-0.3, -0.25) is 9.36 Å². The lowest BCUT2D eigenvalue weighted by atomic mass is 10.2. The largest absolute Gasteiger partial charge is 0.507 e. The van der Waals surface area contributed by atoms with Gasteiger partial charge in [-0.05, 0) is 48.5 Å². The van der Waals surface area contributed by atoms with Crippen LogP contribution in [0.4, 0.5) is 10.1 Å². The van der Waals surface area contributed by atoms with Gasteiger partial charge >= 0.3 is 0 Å². The number of phenolic OH excluding ortho intramolecular Hbond substituents is 1. The number of thioether (sulfide) groups is 1. The first-order valence-electron chi connectivity index (χ1n) is 9.19. The summed E-state index contributed by atoms with van der Waals surface area (Å²) in [5.74, 6) is -0.171. The standard InChI is InChI=1S/C22H16BrFN4O2S/c23-14-9-10-19(29)18(11-14)21-26-27-22(28(21)17-7-2-1-3-8-17)31-13-20(30)25-16-6-4-5-15(24)12-16/h1-12,29H,13H2,(H,25,30). The molecule has 0 spiro atoms. The van der Waals surface area contributed by atoms with Crippen molar-refractivity contribution in [1.82, 2.24) is 14.8 Å². The molecule has 1 amide bonds. The Labute approximate surface area is 190 Å². The van der Waals surface area contributed by atoms with Crippen LogP contribution in [0.2, 0.25) is 0 Å². The van der Waals surface area contributed by atoms with Gasteiger partial charge in [-0.1, -0.05) is 52.0 Å². The van der Waals surface area contributed by atoms with Gasteiger partial charge < -0.3 is 10.4 Å². The van der Waals surface area contributed by atoms with E-state index in [9.17, 15) is 14.3 Å². The first-order valence-corrected chi connectivity index (χ1v) is 11.0. The molecule has 0 bridgehead atoms. The predicted molar refractivity (Wildman–Crippen MR) is 122 cm³/mol. The van der Waals surface area contributed by atoms with Crippen LogP contribution in [0.15, 0.2) is 82.4 Å². The topological polar surface area (TPSA) is 80.0 Å². The monoisotopic (exact) mass is 498 g/mol. The molecule has 0 saturated carbocycles. The molecule has 6 nitrogen and oxygen atoms in total. The van der Waals surface area contributed by atoms with Crippen LogP contribution in [0, 0.1) is 5.82 Å². The lowest BCUT2D eigenvalue weighted by Gasteiger charge is -2.11. The molecule has 1 heterocycles. The second-order valence-corrected chi connectivity index (χ2v) is 8.34. The first-order chi connectivity index (χ1) is 15.0. The number of para-hydroxylation sites is 1. The van der Waals surface area contributed by atoms with Crippen LogP contribution >= 0.6 is 27.7 Å². The van der Waals surface area contributed by atoms with Crippen LogP contribution < -0.4 is 5.32 Å². The van der Waals surface area contributed by atoms with E-state index in [0.717, 1.165) is 10.2 Å². The van der Waals surface area contributed by atoms with E-state index >= 15 is 0 Å². The van der Waals surface area contributed by atoms with E-state index in [1.807, 2.05) is 30.3 Å². The summed E-state index contributed by atoms with van der Waals surface area (Å²) >= 11 is 4.60. The Balaban J connectivity index is 1.63. The van der Waals surface area contributed by atoms with Gasteiger partial charge in [0.1, 0.15) is 11.6 Å². The normalized spacial score (nSPS) is 10.8. The molecular formula is C22H16BrFN4O2S. The summed E-state index contributed by atoms with van der Waals surface area (Å²) in [5.41, 5.74) is 1.67. The van der Waals surface area contributed by atoms with Crippen molar-refractivity contribution in [3.05, 3.63) is 83.1 Å². The summed E-state index contributed by atoms with van der Waals surface area (Å²) in [5, 5.41) is 22.0. The summed E-state index contributed by atoms with van der Waals surface area (Å²) in [6, 6.07) is 20.2. The first kappa shape index (κ1) is 21.1. The fourth-order valence-electron chi connectivity index (χ4n) is 2.93. The molecule has 1 aromatic heterocycles. The van der Waals surface area contributed by atoms with Crippen molar-refractivity contribution in [3.8, 4) is 22.8 Å². The third-order valence-electron chi connectivity index (χ3n) is 4.29. The molecule has 0 aliphatic carbocycles. The Morgan fingerprint density at radius 1 is 1.06 bits per heavy atom. The second-order valence-electron chi connectivity index (χ2n) is 6.49. The molecule has 0 radical (unpaired) electrons. The van der Waals surface area contributed by atoms with Crippen molar-refractivity contribution in [2.24, 2.45) is 0 Å². The Morgan fingerprint density at radius 3 is 2.65 bits per heavy atom. The highest BCUT2D eigenvalue weighted by Crippen LogP contribution is 2.34. The van der Waals surface area contributed by atoms with Crippen molar-refractivity contribution in [3.63, 3.8) is 0 Å². The Morgan fingerprint density at radius 2 is 1.87 bits per heavy atom. The van der Waals surface area contributed by atoms with Crippen molar-refractivity contribution in [1.29, 1.82) is 0 Å². The maximum absolute atomic E-state index is 13.3. The molecule has 0 aliphatic rings. The van der Waals surface area contributed by atoms with E-state index in [4.69, 9.17) is 0 Å². The van der Waals surface area contributed by atoms with Gasteiger partial charge in [-0.15, -0.1) is 10.2 Å². The molecule has 4 aromatic rings. The molecule has 0 saturated heterocycles. The summed E-state index contributed by atoms with van der Waals surface area (Å²) in [6.45, 7) is 0. The third-order valence-corrected chi connectivity index (χ3v) is 5.71. The van der Waals surface area contributed by atoms with Crippen LogP contribution in [-0.2, 0) is 4.79 Å². The number of rotatable bonds is 6. The van der Waals surface area contributed by atoms with E-state index in [0.29, 0.717) is 22.2 Å². The van der Waals surface area contributed by atoms with Crippen LogP contribution in [0.25, 0.3) is 17.1 Å². The number of benzene rings is 3. The highest BCUT2D eigenvalue weighted by Gasteiger charge is 2.19.